The van der Waals surface area contributed by atoms with Crippen LogP contribution in [0.25, 0.3) is 10.6 Å². The summed E-state index contributed by atoms with van der Waals surface area (Å²) in [6.45, 7) is 27.5. The van der Waals surface area contributed by atoms with Gasteiger partial charge in [0.05, 0.1) is 13.2 Å². The van der Waals surface area contributed by atoms with Crippen molar-refractivity contribution in [1.82, 2.24) is 0 Å². The van der Waals surface area contributed by atoms with Gasteiger partial charge < -0.3 is 40.3 Å². The summed E-state index contributed by atoms with van der Waals surface area (Å²) in [5, 5.41) is 37.7. The Bertz CT molecular complexity index is 1700. The maximum atomic E-state index is 13.7. The molecular formula is C58H94LiN4O4Y. The number of amidine groups is 2. The van der Waals surface area contributed by atoms with E-state index in [-0.39, 0.29) is 84.7 Å². The average Bonchev–Trinajstić information content (AvgIpc) is 3.26. The van der Waals surface area contributed by atoms with Gasteiger partial charge >= 0.3 is 51.6 Å². The minimum Gasteiger partial charge on any atom is -0.872 e. The maximum absolute atomic E-state index is 13.7. The molecule has 2 aromatic carbocycles. The van der Waals surface area contributed by atoms with E-state index in [0.29, 0.717) is 37.4 Å². The monoisotopic (exact) mass is 1010 g/mol. The van der Waals surface area contributed by atoms with Gasteiger partial charge in [-0.1, -0.05) is 259 Å². The first-order valence-corrected chi connectivity index (χ1v) is 26.3. The second-order valence-electron chi connectivity index (χ2n) is 24.1. The van der Waals surface area contributed by atoms with Gasteiger partial charge in [-0.3, -0.25) is 0 Å². The van der Waals surface area contributed by atoms with Crippen LogP contribution in [0, 0.1) is 0 Å². The fourth-order valence-electron chi connectivity index (χ4n) is 9.61. The second kappa shape index (κ2) is 29.3. The molecular weight excluding hydrogens is 913 g/mol. The third kappa shape index (κ3) is 20.2. The molecule has 68 heavy (non-hydrogen) atoms. The number of aliphatic imine (C=N–C) groups is 2. The minimum atomic E-state index is -0.201. The fourth-order valence-corrected chi connectivity index (χ4v) is 9.61. The Morgan fingerprint density at radius 1 is 0.471 bits per heavy atom. The summed E-state index contributed by atoms with van der Waals surface area (Å²) in [5.74, 6) is 1.75. The number of hydrogen-bond acceptors (Lipinski definition) is 6. The zero-order valence-corrected chi connectivity index (χ0v) is 49.0. The zero-order chi connectivity index (χ0) is 48.7. The number of nitrogens with zero attached hydrogens (tertiary/aromatic N) is 4. The van der Waals surface area contributed by atoms with Gasteiger partial charge in [0.2, 0.25) is 0 Å². The third-order valence-corrected chi connectivity index (χ3v) is 14.0. The van der Waals surface area contributed by atoms with E-state index in [1.54, 1.807) is 14.2 Å². The molecule has 4 fully saturated rings. The van der Waals surface area contributed by atoms with Crippen LogP contribution in [0.4, 0.5) is 0 Å². The van der Waals surface area contributed by atoms with Crippen LogP contribution in [0.2, 0.25) is 0 Å². The molecule has 0 spiro atoms. The van der Waals surface area contributed by atoms with E-state index >= 15 is 0 Å². The van der Waals surface area contributed by atoms with Crippen molar-refractivity contribution in [3.8, 4) is 11.5 Å². The van der Waals surface area contributed by atoms with Crippen LogP contribution in [-0.2, 0) is 63.8 Å². The van der Waals surface area contributed by atoms with Gasteiger partial charge in [-0.25, -0.2) is 0 Å². The van der Waals surface area contributed by atoms with Crippen molar-refractivity contribution in [2.24, 2.45) is 9.98 Å². The van der Waals surface area contributed by atoms with Crippen LogP contribution in [0.5, 0.6) is 11.5 Å². The van der Waals surface area contributed by atoms with E-state index in [1.165, 1.54) is 88.2 Å². The average molecular weight is 1010 g/mol. The molecule has 2 aromatic rings. The smallest absolute Gasteiger partial charge is 0.872 e. The molecule has 0 aromatic heterocycles. The van der Waals surface area contributed by atoms with Gasteiger partial charge in [0.15, 0.2) is 0 Å². The van der Waals surface area contributed by atoms with Crippen LogP contribution in [0.1, 0.15) is 245 Å². The van der Waals surface area contributed by atoms with Gasteiger partial charge in [-0.05, 0) is 79.2 Å². The molecule has 0 atom stereocenters. The molecule has 6 rings (SSSR count). The van der Waals surface area contributed by atoms with Crippen LogP contribution >= 0.6 is 0 Å². The molecule has 0 amide bonds. The normalized spacial score (nSPS) is 18.8. The quantitative estimate of drug-likeness (QED) is 0.108. The molecule has 0 bridgehead atoms. The summed E-state index contributed by atoms with van der Waals surface area (Å²) >= 11 is 0. The van der Waals surface area contributed by atoms with Crippen LogP contribution in [0.3, 0.4) is 0 Å². The van der Waals surface area contributed by atoms with Crippen molar-refractivity contribution in [1.29, 1.82) is 0 Å². The number of hydrogen-bond donors (Lipinski definition) is 0. The molecule has 0 saturated heterocycles. The van der Waals surface area contributed by atoms with E-state index < -0.39 is 0 Å². The van der Waals surface area contributed by atoms with Crippen molar-refractivity contribution in [2.75, 3.05) is 27.4 Å². The predicted molar refractivity (Wildman–Crippen MR) is 278 cm³/mol. The fraction of sp³-hybridized carbons (Fsp3) is 0.759. The number of rotatable bonds is 9. The zero-order valence-electron chi connectivity index (χ0n) is 46.2. The summed E-state index contributed by atoms with van der Waals surface area (Å²) in [5.41, 5.74) is 5.22. The van der Waals surface area contributed by atoms with Gasteiger partial charge in [0.25, 0.3) is 0 Å². The Balaban J connectivity index is 0.000000406. The van der Waals surface area contributed by atoms with Crippen molar-refractivity contribution in [2.45, 2.75) is 257 Å². The maximum Gasteiger partial charge on any atom is 3.00 e. The molecule has 8 nitrogen and oxygen atoms in total. The van der Waals surface area contributed by atoms with Crippen molar-refractivity contribution in [3.63, 3.8) is 0 Å². The Kier molecular flexibility index (Phi) is 27.1. The predicted octanol–water partition coefficient (Wildman–Crippen LogP) is 11.6. The molecule has 4 aliphatic carbocycles. The molecule has 4 saturated carbocycles. The van der Waals surface area contributed by atoms with Gasteiger partial charge in [0, 0.05) is 14.2 Å². The van der Waals surface area contributed by atoms with Crippen LogP contribution in [0.15, 0.2) is 34.3 Å². The molecule has 0 radical (unpaired) electrons. The van der Waals surface area contributed by atoms with Gasteiger partial charge in [-0.2, -0.15) is 0 Å². The van der Waals surface area contributed by atoms with E-state index in [4.69, 9.17) is 20.6 Å². The van der Waals surface area contributed by atoms with Gasteiger partial charge in [-0.15, -0.1) is 0 Å². The first-order valence-electron chi connectivity index (χ1n) is 26.3. The van der Waals surface area contributed by atoms with E-state index in [1.807, 2.05) is 0 Å². The van der Waals surface area contributed by atoms with Crippen molar-refractivity contribution in [3.05, 3.63) is 68.3 Å². The number of ether oxygens (including phenoxy) is 2. The van der Waals surface area contributed by atoms with Crippen molar-refractivity contribution >= 4 is 11.7 Å². The first-order chi connectivity index (χ1) is 31.0. The summed E-state index contributed by atoms with van der Waals surface area (Å²) in [6.07, 6.45) is 24.2. The SMILES string of the molecule is CC(C)(C)c1cc(C(=NC2CCCCC2)[N-]C2CCCCC2)c([O-])c(C(C)(C)C)c1.CC(C)(C)c1cc(C(=NC2CCCCC2)[N-]C2CCCCC2)c([O-])c(C(C)(C)C)c1.COCCOC.[Li+].[Y+3]. The molecule has 374 valence electrons. The summed E-state index contributed by atoms with van der Waals surface area (Å²) < 4.78 is 9.31. The summed E-state index contributed by atoms with van der Waals surface area (Å²) in [7, 11) is 3.30. The standard InChI is InChI=1S/2C27H43N2O.C4H10O2.Li.Y/c2*1-26(2,3)19-17-22(24(30)23(18-19)27(4,5)6)25(28-20-13-9-7-10-14-20)29-21-15-11-8-12-16-21;1-5-3-4-6-2;;/h2*17-18,20-21H,7-16H2,1-6H3,(H-,28,29,30);3-4H2,1-2H3;;/q2*-1;;+1;+3/p-2. The Morgan fingerprint density at radius 3 is 1.00 bits per heavy atom. The Labute approximate surface area is 454 Å². The topological polar surface area (TPSA) is 118 Å². The third-order valence-electron chi connectivity index (χ3n) is 14.0. The summed E-state index contributed by atoms with van der Waals surface area (Å²) in [4.78, 5) is 10.3. The molecule has 0 aliphatic heterocycles. The molecule has 0 unspecified atom stereocenters. The van der Waals surface area contributed by atoms with Crippen LogP contribution < -0.4 is 29.1 Å². The second-order valence-corrected chi connectivity index (χ2v) is 24.1. The van der Waals surface area contributed by atoms with Crippen molar-refractivity contribution < 1.29 is 71.3 Å². The Morgan fingerprint density at radius 2 is 0.750 bits per heavy atom. The number of methoxy groups -OCH3 is 2. The van der Waals surface area contributed by atoms with Gasteiger partial charge in [0.1, 0.15) is 0 Å². The number of benzene rings is 2. The molecule has 4 aliphatic rings. The van der Waals surface area contributed by atoms with Crippen LogP contribution in [-0.4, -0.2) is 63.3 Å². The summed E-state index contributed by atoms with van der Waals surface area (Å²) in [6, 6.07) is 9.73. The van der Waals surface area contributed by atoms with E-state index in [2.05, 4.69) is 117 Å². The largest absolute Gasteiger partial charge is 3.00 e. The Hall–Kier alpha value is -1.40. The minimum absolute atomic E-state index is 0. The van der Waals surface area contributed by atoms with E-state index in [0.717, 1.165) is 85.3 Å². The molecule has 0 heterocycles. The molecule has 0 N–H and O–H groups in total. The van der Waals surface area contributed by atoms with E-state index in [9.17, 15) is 10.2 Å². The molecule has 10 heteroatoms. The first kappa shape index (κ1) is 62.7.